The molecule has 0 aliphatic heterocycles. The predicted octanol–water partition coefficient (Wildman–Crippen LogP) is 3.08. The number of hydrogen-bond donors (Lipinski definition) is 0. The minimum atomic E-state index is -3.44. The second kappa shape index (κ2) is 7.19. The number of hydrogen-bond acceptors (Lipinski definition) is 4. The molecule has 0 atom stereocenters. The highest BCUT2D eigenvalue weighted by atomic mass is 32.2. The summed E-state index contributed by atoms with van der Waals surface area (Å²) in [6, 6.07) is 14.2. The Hall–Kier alpha value is -1.79. The smallest absolute Gasteiger partial charge is 0.255 e. The molecule has 0 aliphatic rings. The van der Waals surface area contributed by atoms with Crippen LogP contribution in [-0.4, -0.2) is 38.8 Å². The van der Waals surface area contributed by atoms with E-state index in [1.165, 1.54) is 11.0 Å². The van der Waals surface area contributed by atoms with Gasteiger partial charge in [-0.15, -0.1) is 11.8 Å². The van der Waals surface area contributed by atoms with Crippen molar-refractivity contribution >= 4 is 27.5 Å². The van der Waals surface area contributed by atoms with Crippen LogP contribution in [0.25, 0.3) is 0 Å². The first-order valence-electron chi connectivity index (χ1n) is 7.00. The maximum absolute atomic E-state index is 12.6. The zero-order valence-corrected chi connectivity index (χ0v) is 14.9. The summed E-state index contributed by atoms with van der Waals surface area (Å²) in [5.74, 6) is -0.306. The second-order valence-electron chi connectivity index (χ2n) is 5.28. The van der Waals surface area contributed by atoms with Gasteiger partial charge in [0.15, 0.2) is 9.84 Å². The van der Waals surface area contributed by atoms with Crippen LogP contribution in [0.15, 0.2) is 58.3 Å². The average Bonchev–Trinajstić information content (AvgIpc) is 2.54. The van der Waals surface area contributed by atoms with E-state index in [2.05, 4.69) is 0 Å². The summed E-state index contributed by atoms with van der Waals surface area (Å²) in [6.07, 6.45) is 3.12. The molecule has 2 aromatic carbocycles. The number of amides is 1. The van der Waals surface area contributed by atoms with Gasteiger partial charge in [-0.05, 0) is 36.1 Å². The summed E-state index contributed by atoms with van der Waals surface area (Å²) in [7, 11) is -1.77. The summed E-state index contributed by atoms with van der Waals surface area (Å²) in [6.45, 7) is 0.422. The fourth-order valence-electron chi connectivity index (χ4n) is 2.25. The van der Waals surface area contributed by atoms with Gasteiger partial charge in [0.05, 0.1) is 10.5 Å². The van der Waals surface area contributed by atoms with Crippen LogP contribution in [0.4, 0.5) is 0 Å². The van der Waals surface area contributed by atoms with Crippen LogP contribution in [0.1, 0.15) is 15.9 Å². The van der Waals surface area contributed by atoms with Gasteiger partial charge in [-0.25, -0.2) is 8.42 Å². The molecule has 1 amide bonds. The van der Waals surface area contributed by atoms with E-state index in [4.69, 9.17) is 0 Å². The zero-order chi connectivity index (χ0) is 17.0. The Morgan fingerprint density at radius 2 is 1.70 bits per heavy atom. The molecule has 6 heteroatoms. The monoisotopic (exact) mass is 349 g/mol. The van der Waals surface area contributed by atoms with Crippen molar-refractivity contribution in [2.24, 2.45) is 0 Å². The third kappa shape index (κ3) is 4.36. The molecule has 0 spiro atoms. The van der Waals surface area contributed by atoms with E-state index in [0.29, 0.717) is 6.54 Å². The van der Waals surface area contributed by atoms with Crippen molar-refractivity contribution in [2.45, 2.75) is 16.3 Å². The molecule has 0 fully saturated rings. The minimum Gasteiger partial charge on any atom is -0.337 e. The standard InChI is InChI=1S/C17H19NO3S2/c1-18(12-13-8-10-14(22-2)11-9-13)17(19)15-6-4-5-7-16(15)23(3,20)21/h4-11H,12H2,1-3H3. The van der Waals surface area contributed by atoms with E-state index in [9.17, 15) is 13.2 Å². The molecule has 0 unspecified atom stereocenters. The summed E-state index contributed by atoms with van der Waals surface area (Å²) in [4.78, 5) is 15.3. The van der Waals surface area contributed by atoms with Crippen molar-refractivity contribution in [1.82, 2.24) is 4.90 Å². The first-order chi connectivity index (χ1) is 10.8. The lowest BCUT2D eigenvalue weighted by molar-refractivity contribution is 0.0781. The van der Waals surface area contributed by atoms with E-state index in [1.54, 1.807) is 37.0 Å². The van der Waals surface area contributed by atoms with Gasteiger partial charge in [0, 0.05) is 24.7 Å². The SMILES string of the molecule is CSc1ccc(CN(C)C(=O)c2ccccc2S(C)(=O)=O)cc1. The highest BCUT2D eigenvalue weighted by Gasteiger charge is 2.20. The quantitative estimate of drug-likeness (QED) is 0.779. The largest absolute Gasteiger partial charge is 0.337 e. The van der Waals surface area contributed by atoms with Crippen LogP contribution in [0, 0.1) is 0 Å². The van der Waals surface area contributed by atoms with Gasteiger partial charge in [0.1, 0.15) is 0 Å². The highest BCUT2D eigenvalue weighted by molar-refractivity contribution is 7.98. The van der Waals surface area contributed by atoms with Gasteiger partial charge in [-0.3, -0.25) is 4.79 Å². The highest BCUT2D eigenvalue weighted by Crippen LogP contribution is 2.19. The summed E-state index contributed by atoms with van der Waals surface area (Å²) < 4.78 is 23.7. The van der Waals surface area contributed by atoms with E-state index in [1.807, 2.05) is 30.5 Å². The molecule has 0 aliphatic carbocycles. The first-order valence-corrected chi connectivity index (χ1v) is 10.1. The summed E-state index contributed by atoms with van der Waals surface area (Å²) in [5.41, 5.74) is 1.20. The Morgan fingerprint density at radius 3 is 2.26 bits per heavy atom. The maximum Gasteiger partial charge on any atom is 0.255 e. The molecular formula is C17H19NO3S2. The first kappa shape index (κ1) is 17.6. The molecule has 0 heterocycles. The molecule has 4 nitrogen and oxygen atoms in total. The van der Waals surface area contributed by atoms with Crippen molar-refractivity contribution in [3.63, 3.8) is 0 Å². The fourth-order valence-corrected chi connectivity index (χ4v) is 3.54. The molecular weight excluding hydrogens is 330 g/mol. The number of thioether (sulfide) groups is 1. The lowest BCUT2D eigenvalue weighted by Gasteiger charge is -2.19. The van der Waals surface area contributed by atoms with Crippen LogP contribution in [0.2, 0.25) is 0 Å². The second-order valence-corrected chi connectivity index (χ2v) is 8.14. The van der Waals surface area contributed by atoms with Crippen LogP contribution in [0.3, 0.4) is 0 Å². The molecule has 122 valence electrons. The lowest BCUT2D eigenvalue weighted by Crippen LogP contribution is -2.27. The number of benzene rings is 2. The van der Waals surface area contributed by atoms with Gasteiger partial charge < -0.3 is 4.90 Å². The molecule has 0 saturated heterocycles. The average molecular weight is 349 g/mol. The van der Waals surface area contributed by atoms with Gasteiger partial charge in [-0.2, -0.15) is 0 Å². The van der Waals surface area contributed by atoms with Crippen LogP contribution in [-0.2, 0) is 16.4 Å². The number of rotatable bonds is 5. The molecule has 2 aromatic rings. The maximum atomic E-state index is 12.6. The lowest BCUT2D eigenvalue weighted by atomic mass is 10.1. The number of carbonyl (C=O) groups is 1. The van der Waals surface area contributed by atoms with E-state index in [-0.39, 0.29) is 16.4 Å². The van der Waals surface area contributed by atoms with Crippen LogP contribution >= 0.6 is 11.8 Å². The van der Waals surface area contributed by atoms with E-state index >= 15 is 0 Å². The van der Waals surface area contributed by atoms with E-state index < -0.39 is 9.84 Å². The molecule has 23 heavy (non-hydrogen) atoms. The Bertz CT molecular complexity index is 799. The number of nitrogens with zero attached hydrogens (tertiary/aromatic N) is 1. The molecule has 0 radical (unpaired) electrons. The Balaban J connectivity index is 2.23. The molecule has 2 rings (SSSR count). The van der Waals surface area contributed by atoms with Crippen molar-refractivity contribution in [3.05, 3.63) is 59.7 Å². The summed E-state index contributed by atoms with van der Waals surface area (Å²) in [5, 5.41) is 0. The number of sulfone groups is 1. The predicted molar refractivity (Wildman–Crippen MR) is 93.6 cm³/mol. The Labute approximate surface area is 141 Å². The summed E-state index contributed by atoms with van der Waals surface area (Å²) >= 11 is 1.66. The number of carbonyl (C=O) groups excluding carboxylic acids is 1. The fraction of sp³-hybridized carbons (Fsp3) is 0.235. The molecule has 0 saturated carbocycles. The van der Waals surface area contributed by atoms with Gasteiger partial charge in [-0.1, -0.05) is 24.3 Å². The Morgan fingerprint density at radius 1 is 1.09 bits per heavy atom. The molecule has 0 bridgehead atoms. The van der Waals surface area contributed by atoms with Crippen molar-refractivity contribution in [1.29, 1.82) is 0 Å². The molecule has 0 N–H and O–H groups in total. The zero-order valence-electron chi connectivity index (χ0n) is 13.3. The van der Waals surface area contributed by atoms with Crippen molar-refractivity contribution in [3.8, 4) is 0 Å². The Kier molecular flexibility index (Phi) is 5.49. The van der Waals surface area contributed by atoms with Crippen molar-refractivity contribution < 1.29 is 13.2 Å². The molecule has 0 aromatic heterocycles. The topological polar surface area (TPSA) is 54.5 Å². The third-order valence-corrected chi connectivity index (χ3v) is 5.34. The van der Waals surface area contributed by atoms with Crippen LogP contribution < -0.4 is 0 Å². The normalized spacial score (nSPS) is 11.3. The van der Waals surface area contributed by atoms with Gasteiger partial charge in [0.25, 0.3) is 5.91 Å². The van der Waals surface area contributed by atoms with Gasteiger partial charge in [0.2, 0.25) is 0 Å². The minimum absolute atomic E-state index is 0.0644. The third-order valence-electron chi connectivity index (χ3n) is 3.44. The van der Waals surface area contributed by atoms with Crippen LogP contribution in [0.5, 0.6) is 0 Å². The van der Waals surface area contributed by atoms with E-state index in [0.717, 1.165) is 16.7 Å². The van der Waals surface area contributed by atoms with Crippen molar-refractivity contribution in [2.75, 3.05) is 19.6 Å². The van der Waals surface area contributed by atoms with Gasteiger partial charge >= 0.3 is 0 Å².